The quantitative estimate of drug-likeness (QED) is 0.153. The van der Waals surface area contributed by atoms with E-state index in [1.54, 1.807) is 0 Å². The van der Waals surface area contributed by atoms with Crippen LogP contribution in [0.25, 0.3) is 0 Å². The molecule has 0 aliphatic heterocycles. The van der Waals surface area contributed by atoms with Crippen molar-refractivity contribution in [3.8, 4) is 0 Å². The van der Waals surface area contributed by atoms with Gasteiger partial charge >= 0.3 is 222 Å². The molecule has 6 saturated carbocycles. The van der Waals surface area contributed by atoms with Crippen molar-refractivity contribution in [1.29, 1.82) is 0 Å². The molecular formula is C23H38N4O8PbSi. The van der Waals surface area contributed by atoms with E-state index >= 15 is 0 Å². The van der Waals surface area contributed by atoms with Crippen LogP contribution in [0.4, 0.5) is 0 Å². The van der Waals surface area contributed by atoms with Crippen molar-refractivity contribution in [2.24, 2.45) is 11.8 Å². The molecule has 14 heteroatoms. The fourth-order valence-corrected chi connectivity index (χ4v) is 51.6. The number of hydrogen-bond acceptors (Lipinski definition) is 8. The number of rotatable bonds is 12. The molecule has 6 aliphatic carbocycles. The first-order valence-electron chi connectivity index (χ1n) is 13.6. The van der Waals surface area contributed by atoms with Gasteiger partial charge in [-0.25, -0.2) is 0 Å². The third-order valence-corrected chi connectivity index (χ3v) is 48.3. The van der Waals surface area contributed by atoms with Crippen LogP contribution in [0.2, 0.25) is 36.6 Å². The standard InChI is InChI=1S/C17H23N4O8Si.3C2H5.Pb/c1-7(2)30(8(3)4,9(5)6)17-14(19(24)25)10-13(18(22)23)11(14)16(17,21(28)29)12(13)15(10,17)20(26)27;3*1-2;/h7-11H,1-6H3;3*1H2,2H3;/t10-,11+,13?,14?,15-,16+,17?;;;;. The first kappa shape index (κ1) is 27.3. The fourth-order valence-electron chi connectivity index (χ4n) is 14.4. The van der Waals surface area contributed by atoms with E-state index in [0.717, 1.165) is 0 Å². The third kappa shape index (κ3) is 1.50. The second kappa shape index (κ2) is 6.72. The Morgan fingerprint density at radius 2 is 0.973 bits per heavy atom. The molecule has 6 aliphatic rings. The van der Waals surface area contributed by atoms with Gasteiger partial charge in [-0.15, -0.1) is 0 Å². The summed E-state index contributed by atoms with van der Waals surface area (Å²) >= 11 is -4.28. The fraction of sp³-hybridized carbons (Fsp3) is 1.00. The number of nitrogens with zero attached hydrogens (tertiary/aromatic N) is 4. The molecule has 0 heterocycles. The normalized spacial score (nSPS) is 45.8. The average Bonchev–Trinajstić information content (AvgIpc) is 2.78. The first-order chi connectivity index (χ1) is 17.0. The van der Waals surface area contributed by atoms with E-state index in [1.165, 1.54) is 0 Å². The minimum absolute atomic E-state index is 0.206. The summed E-state index contributed by atoms with van der Waals surface area (Å²) in [6.45, 7) is 17.3. The van der Waals surface area contributed by atoms with Crippen molar-refractivity contribution < 1.29 is 19.7 Å². The van der Waals surface area contributed by atoms with Crippen LogP contribution in [-0.2, 0) is 0 Å². The summed E-state index contributed by atoms with van der Waals surface area (Å²) < 4.78 is -0.0389. The van der Waals surface area contributed by atoms with Gasteiger partial charge in [-0.05, 0) is 0 Å². The molecule has 0 bridgehead atoms. The molecule has 0 N–H and O–H groups in total. The summed E-state index contributed by atoms with van der Waals surface area (Å²) in [7, 11) is -3.30. The molecule has 6 fully saturated rings. The third-order valence-electron chi connectivity index (χ3n) is 13.6. The van der Waals surface area contributed by atoms with Gasteiger partial charge in [0, 0.05) is 0 Å². The second-order valence-electron chi connectivity index (χ2n) is 13.3. The topological polar surface area (TPSA) is 173 Å². The van der Waals surface area contributed by atoms with E-state index in [-0.39, 0.29) is 16.6 Å². The molecule has 0 aromatic heterocycles. The van der Waals surface area contributed by atoms with Crippen LogP contribution < -0.4 is 0 Å². The van der Waals surface area contributed by atoms with E-state index in [9.17, 15) is 40.5 Å². The molecule has 0 radical (unpaired) electrons. The summed E-state index contributed by atoms with van der Waals surface area (Å²) in [6, 6.07) is 0. The van der Waals surface area contributed by atoms with Crippen molar-refractivity contribution in [1.82, 2.24) is 0 Å². The van der Waals surface area contributed by atoms with Gasteiger partial charge in [0.25, 0.3) is 0 Å². The molecular weight excluding hydrogens is 696 g/mol. The maximum absolute atomic E-state index is 13.6. The first-order valence-corrected chi connectivity index (χ1v) is 26.0. The number of hydrogen-bond donors (Lipinski definition) is 0. The van der Waals surface area contributed by atoms with Gasteiger partial charge in [-0.1, -0.05) is 0 Å². The minimum atomic E-state index is -4.28. The Kier molecular flexibility index (Phi) is 4.96. The summed E-state index contributed by atoms with van der Waals surface area (Å²) in [5.41, 5.74) is -8.32. The number of nitro groups is 4. The van der Waals surface area contributed by atoms with Gasteiger partial charge in [0.05, 0.1) is 0 Å². The van der Waals surface area contributed by atoms with Crippen LogP contribution in [0.1, 0.15) is 62.3 Å². The zero-order valence-electron chi connectivity index (χ0n) is 23.1. The van der Waals surface area contributed by atoms with Crippen molar-refractivity contribution in [2.45, 2.75) is 121 Å². The molecule has 6 rings (SSSR count). The van der Waals surface area contributed by atoms with Gasteiger partial charge < -0.3 is 0 Å². The van der Waals surface area contributed by atoms with Crippen LogP contribution in [0, 0.1) is 52.3 Å². The van der Waals surface area contributed by atoms with Crippen molar-refractivity contribution in [3.63, 3.8) is 0 Å². The van der Waals surface area contributed by atoms with Crippen molar-refractivity contribution >= 4 is 29.2 Å². The van der Waals surface area contributed by atoms with Gasteiger partial charge in [0.2, 0.25) is 0 Å². The van der Waals surface area contributed by atoms with E-state index in [0.29, 0.717) is 11.9 Å². The predicted octanol–water partition coefficient (Wildman–Crippen LogP) is 5.02. The average molecular weight is 734 g/mol. The molecule has 8 atom stereocenters. The van der Waals surface area contributed by atoms with Gasteiger partial charge in [0.1, 0.15) is 0 Å². The molecule has 0 saturated heterocycles. The summed E-state index contributed by atoms with van der Waals surface area (Å²) in [5.74, 6) is -2.71. The molecule has 0 spiro atoms. The molecule has 0 amide bonds. The summed E-state index contributed by atoms with van der Waals surface area (Å²) in [6.07, 6.45) is 0. The van der Waals surface area contributed by atoms with E-state index in [4.69, 9.17) is 0 Å². The molecule has 4 unspecified atom stereocenters. The molecule has 206 valence electrons. The Balaban J connectivity index is 2.05. The van der Waals surface area contributed by atoms with Crippen LogP contribution in [0.15, 0.2) is 0 Å². The van der Waals surface area contributed by atoms with Crippen LogP contribution in [0.5, 0.6) is 0 Å². The zero-order valence-corrected chi connectivity index (χ0v) is 28.0. The van der Waals surface area contributed by atoms with Crippen LogP contribution in [0.3, 0.4) is 0 Å². The van der Waals surface area contributed by atoms with Crippen LogP contribution in [-0.4, -0.2) is 71.1 Å². The molecule has 12 nitrogen and oxygen atoms in total. The summed E-state index contributed by atoms with van der Waals surface area (Å²) in [5, 5.41) is 51.6. The molecule has 0 aromatic carbocycles. The summed E-state index contributed by atoms with van der Waals surface area (Å²) in [4.78, 5) is 51.5. The van der Waals surface area contributed by atoms with Crippen LogP contribution >= 0.6 is 0 Å². The van der Waals surface area contributed by atoms with E-state index < -0.39 is 90.9 Å². The zero-order chi connectivity index (χ0) is 28.3. The van der Waals surface area contributed by atoms with Crippen molar-refractivity contribution in [3.05, 3.63) is 40.5 Å². The predicted molar refractivity (Wildman–Crippen MR) is 140 cm³/mol. The second-order valence-corrected chi connectivity index (χ2v) is 40.5. The van der Waals surface area contributed by atoms with Crippen molar-refractivity contribution in [2.75, 3.05) is 0 Å². The Bertz CT molecular complexity index is 1120. The van der Waals surface area contributed by atoms with E-state index in [2.05, 4.69) is 0 Å². The Morgan fingerprint density at radius 3 is 1.19 bits per heavy atom. The monoisotopic (exact) mass is 734 g/mol. The Morgan fingerprint density at radius 1 is 0.649 bits per heavy atom. The SMILES string of the molecule is C[CH2][Pb]([CH2]C)([CH2]C)[C]12C3([N+](=O)[O-])[C@H]4C5([N+](=O)[O-])[C@@H]3[C@]1([N+](=O)[O-])C5([Si](C(C)C)(C(C)C)C(C)C)[C@]42[N+](=O)[O-]. The molecule has 37 heavy (non-hydrogen) atoms. The molecule has 0 aromatic rings. The Labute approximate surface area is 221 Å². The Hall–Kier alpha value is -1.26. The maximum atomic E-state index is 13.6. The van der Waals surface area contributed by atoms with Gasteiger partial charge in [-0.2, -0.15) is 0 Å². The van der Waals surface area contributed by atoms with E-state index in [1.807, 2.05) is 62.3 Å². The van der Waals surface area contributed by atoms with Gasteiger partial charge in [-0.3, -0.25) is 0 Å². The van der Waals surface area contributed by atoms with Gasteiger partial charge in [0.15, 0.2) is 0 Å².